The number of amides is 1. The molecule has 0 aromatic carbocycles. The van der Waals surface area contributed by atoms with E-state index < -0.39 is 0 Å². The summed E-state index contributed by atoms with van der Waals surface area (Å²) in [7, 11) is 0. The molecule has 3 heteroatoms. The molecule has 0 bridgehead atoms. The summed E-state index contributed by atoms with van der Waals surface area (Å²) in [5, 5.41) is 6.37. The zero-order valence-corrected chi connectivity index (χ0v) is 9.85. The largest absolute Gasteiger partial charge is 0.353 e. The first-order valence-electron chi connectivity index (χ1n) is 6.33. The van der Waals surface area contributed by atoms with E-state index >= 15 is 0 Å². The Morgan fingerprint density at radius 1 is 1.27 bits per heavy atom. The number of hydrogen-bond acceptors (Lipinski definition) is 2. The number of unbranched alkanes of at least 4 members (excludes halogenated alkanes) is 1. The van der Waals surface area contributed by atoms with Crippen molar-refractivity contribution in [3.8, 4) is 0 Å². The van der Waals surface area contributed by atoms with Gasteiger partial charge >= 0.3 is 0 Å². The minimum Gasteiger partial charge on any atom is -0.353 e. The number of rotatable bonds is 7. The SMILES string of the molecule is CCCCNCCC(=O)NC1CCCC1. The Kier molecular flexibility index (Phi) is 6.41. The van der Waals surface area contributed by atoms with Gasteiger partial charge in [-0.05, 0) is 25.8 Å². The molecule has 0 aromatic heterocycles. The van der Waals surface area contributed by atoms with E-state index in [9.17, 15) is 4.79 Å². The summed E-state index contributed by atoms with van der Waals surface area (Å²) in [5.74, 6) is 0.214. The molecule has 1 fully saturated rings. The highest BCUT2D eigenvalue weighted by atomic mass is 16.1. The van der Waals surface area contributed by atoms with Crippen LogP contribution in [0.25, 0.3) is 0 Å². The molecule has 88 valence electrons. The van der Waals surface area contributed by atoms with E-state index in [-0.39, 0.29) is 5.91 Å². The highest BCUT2D eigenvalue weighted by Crippen LogP contribution is 2.17. The number of carbonyl (C=O) groups excluding carboxylic acids is 1. The Hall–Kier alpha value is -0.570. The van der Waals surface area contributed by atoms with Crippen molar-refractivity contribution >= 4 is 5.91 Å². The fraction of sp³-hybridized carbons (Fsp3) is 0.917. The Morgan fingerprint density at radius 3 is 2.67 bits per heavy atom. The highest BCUT2D eigenvalue weighted by Gasteiger charge is 2.16. The third kappa shape index (κ3) is 5.78. The van der Waals surface area contributed by atoms with Crippen molar-refractivity contribution in [3.63, 3.8) is 0 Å². The predicted molar refractivity (Wildman–Crippen MR) is 62.8 cm³/mol. The van der Waals surface area contributed by atoms with Crippen molar-refractivity contribution in [1.82, 2.24) is 10.6 Å². The number of nitrogens with one attached hydrogen (secondary N) is 2. The van der Waals surface area contributed by atoms with E-state index in [0.29, 0.717) is 12.5 Å². The van der Waals surface area contributed by atoms with Crippen molar-refractivity contribution in [2.75, 3.05) is 13.1 Å². The van der Waals surface area contributed by atoms with Crippen LogP contribution in [-0.4, -0.2) is 25.0 Å². The first kappa shape index (κ1) is 12.5. The van der Waals surface area contributed by atoms with Gasteiger partial charge in [0.05, 0.1) is 0 Å². The topological polar surface area (TPSA) is 41.1 Å². The summed E-state index contributed by atoms with van der Waals surface area (Å²) in [6.45, 7) is 4.03. The van der Waals surface area contributed by atoms with E-state index in [1.54, 1.807) is 0 Å². The molecule has 1 aliphatic rings. The van der Waals surface area contributed by atoms with Crippen LogP contribution in [0.2, 0.25) is 0 Å². The van der Waals surface area contributed by atoms with E-state index in [1.807, 2.05) is 0 Å². The Morgan fingerprint density at radius 2 is 2.00 bits per heavy atom. The lowest BCUT2D eigenvalue weighted by Gasteiger charge is -2.11. The highest BCUT2D eigenvalue weighted by molar-refractivity contribution is 5.76. The van der Waals surface area contributed by atoms with E-state index in [2.05, 4.69) is 17.6 Å². The lowest BCUT2D eigenvalue weighted by atomic mass is 10.2. The molecule has 0 spiro atoms. The van der Waals surface area contributed by atoms with Gasteiger partial charge in [-0.3, -0.25) is 4.79 Å². The molecule has 0 radical (unpaired) electrons. The molecular weight excluding hydrogens is 188 g/mol. The van der Waals surface area contributed by atoms with Gasteiger partial charge in [0.1, 0.15) is 0 Å². The zero-order chi connectivity index (χ0) is 10.9. The molecule has 0 aliphatic heterocycles. The maximum atomic E-state index is 11.5. The maximum Gasteiger partial charge on any atom is 0.221 e. The fourth-order valence-corrected chi connectivity index (χ4v) is 2.00. The summed E-state index contributed by atoms with van der Waals surface area (Å²) in [6.07, 6.45) is 7.94. The summed E-state index contributed by atoms with van der Waals surface area (Å²) in [4.78, 5) is 11.5. The van der Waals surface area contributed by atoms with Gasteiger partial charge in [-0.1, -0.05) is 26.2 Å². The smallest absolute Gasteiger partial charge is 0.221 e. The van der Waals surface area contributed by atoms with E-state index in [4.69, 9.17) is 0 Å². The summed E-state index contributed by atoms with van der Waals surface area (Å²) in [6, 6.07) is 0.466. The Balaban J connectivity index is 1.93. The van der Waals surface area contributed by atoms with Crippen LogP contribution in [0.15, 0.2) is 0 Å². The van der Waals surface area contributed by atoms with Gasteiger partial charge in [0, 0.05) is 19.0 Å². The molecule has 0 unspecified atom stereocenters. The molecule has 15 heavy (non-hydrogen) atoms. The first-order valence-corrected chi connectivity index (χ1v) is 6.33. The lowest BCUT2D eigenvalue weighted by Crippen LogP contribution is -2.34. The average molecular weight is 212 g/mol. The molecule has 0 heterocycles. The van der Waals surface area contributed by atoms with E-state index in [0.717, 1.165) is 13.1 Å². The van der Waals surface area contributed by atoms with Gasteiger partial charge in [-0.25, -0.2) is 0 Å². The summed E-state index contributed by atoms with van der Waals surface area (Å²) < 4.78 is 0. The van der Waals surface area contributed by atoms with Gasteiger partial charge in [-0.15, -0.1) is 0 Å². The van der Waals surface area contributed by atoms with Crippen LogP contribution in [0.5, 0.6) is 0 Å². The van der Waals surface area contributed by atoms with Crippen LogP contribution < -0.4 is 10.6 Å². The maximum absolute atomic E-state index is 11.5. The third-order valence-corrected chi connectivity index (χ3v) is 2.96. The molecule has 3 nitrogen and oxygen atoms in total. The van der Waals surface area contributed by atoms with Crippen LogP contribution in [0.3, 0.4) is 0 Å². The van der Waals surface area contributed by atoms with Crippen LogP contribution in [-0.2, 0) is 4.79 Å². The second kappa shape index (κ2) is 7.69. The molecular formula is C12H24N2O. The minimum atomic E-state index is 0.214. The standard InChI is InChI=1S/C12H24N2O/c1-2-3-9-13-10-8-12(15)14-11-6-4-5-7-11/h11,13H,2-10H2,1H3,(H,14,15). The van der Waals surface area contributed by atoms with E-state index in [1.165, 1.54) is 38.5 Å². The Bertz CT molecular complexity index is 176. The molecule has 0 saturated heterocycles. The van der Waals surface area contributed by atoms with Crippen LogP contribution >= 0.6 is 0 Å². The average Bonchev–Trinajstić information content (AvgIpc) is 2.70. The van der Waals surface area contributed by atoms with Crippen molar-refractivity contribution in [2.24, 2.45) is 0 Å². The quantitative estimate of drug-likeness (QED) is 0.632. The predicted octanol–water partition coefficient (Wildman–Crippen LogP) is 1.82. The normalized spacial score (nSPS) is 16.9. The molecule has 0 aromatic rings. The monoisotopic (exact) mass is 212 g/mol. The molecule has 1 amide bonds. The van der Waals surface area contributed by atoms with Crippen molar-refractivity contribution < 1.29 is 4.79 Å². The van der Waals surface area contributed by atoms with Crippen LogP contribution in [0, 0.1) is 0 Å². The molecule has 2 N–H and O–H groups in total. The van der Waals surface area contributed by atoms with Crippen molar-refractivity contribution in [3.05, 3.63) is 0 Å². The van der Waals surface area contributed by atoms with Gasteiger partial charge in [0.25, 0.3) is 0 Å². The van der Waals surface area contributed by atoms with Crippen molar-refractivity contribution in [1.29, 1.82) is 0 Å². The Labute approximate surface area is 93.0 Å². The van der Waals surface area contributed by atoms with Crippen LogP contribution in [0.1, 0.15) is 51.9 Å². The lowest BCUT2D eigenvalue weighted by molar-refractivity contribution is -0.121. The number of carbonyl (C=O) groups is 1. The zero-order valence-electron chi connectivity index (χ0n) is 9.85. The fourth-order valence-electron chi connectivity index (χ4n) is 2.00. The second-order valence-electron chi connectivity index (χ2n) is 4.40. The summed E-state index contributed by atoms with van der Waals surface area (Å²) in [5.41, 5.74) is 0. The molecule has 1 saturated carbocycles. The first-order chi connectivity index (χ1) is 7.33. The second-order valence-corrected chi connectivity index (χ2v) is 4.40. The third-order valence-electron chi connectivity index (χ3n) is 2.96. The number of hydrogen-bond donors (Lipinski definition) is 2. The van der Waals surface area contributed by atoms with Gasteiger partial charge in [-0.2, -0.15) is 0 Å². The summed E-state index contributed by atoms with van der Waals surface area (Å²) >= 11 is 0. The van der Waals surface area contributed by atoms with Gasteiger partial charge in [0.2, 0.25) is 5.91 Å². The molecule has 1 aliphatic carbocycles. The van der Waals surface area contributed by atoms with Gasteiger partial charge in [0.15, 0.2) is 0 Å². The molecule has 0 atom stereocenters. The van der Waals surface area contributed by atoms with Crippen LogP contribution in [0.4, 0.5) is 0 Å². The van der Waals surface area contributed by atoms with Gasteiger partial charge < -0.3 is 10.6 Å². The minimum absolute atomic E-state index is 0.214. The van der Waals surface area contributed by atoms with Crippen molar-refractivity contribution in [2.45, 2.75) is 57.9 Å². The molecule has 1 rings (SSSR count).